The Labute approximate surface area is 127 Å². The van der Waals surface area contributed by atoms with E-state index in [4.69, 9.17) is 5.73 Å². The highest BCUT2D eigenvalue weighted by atomic mass is 32.1. The summed E-state index contributed by atoms with van der Waals surface area (Å²) in [6.45, 7) is 2.26. The van der Waals surface area contributed by atoms with E-state index >= 15 is 0 Å². The van der Waals surface area contributed by atoms with Crippen molar-refractivity contribution in [1.29, 1.82) is 0 Å². The number of carbonyl (C=O) groups is 1. The highest BCUT2D eigenvalue weighted by Crippen LogP contribution is 2.35. The van der Waals surface area contributed by atoms with Crippen molar-refractivity contribution in [3.63, 3.8) is 0 Å². The topological polar surface area (TPSA) is 79.5 Å². The molecule has 0 radical (unpaired) electrons. The molecule has 112 valence electrons. The summed E-state index contributed by atoms with van der Waals surface area (Å²) in [5, 5.41) is 10.1. The minimum absolute atomic E-state index is 0.0234. The number of hydrogen-bond donors (Lipinski definition) is 2. The van der Waals surface area contributed by atoms with Gasteiger partial charge in [0.05, 0.1) is 12.3 Å². The number of nitrogen functional groups attached to an aromatic ring is 1. The summed E-state index contributed by atoms with van der Waals surface area (Å²) in [6.07, 6.45) is 3.16. The fourth-order valence-corrected chi connectivity index (χ4v) is 3.73. The Morgan fingerprint density at radius 2 is 2.29 bits per heavy atom. The van der Waals surface area contributed by atoms with Gasteiger partial charge in [-0.25, -0.2) is 4.98 Å². The molecule has 2 aromatic rings. The predicted molar refractivity (Wildman–Crippen MR) is 84.5 cm³/mol. The maximum Gasteiger partial charge on any atom is 0.266 e. The Morgan fingerprint density at radius 3 is 2.90 bits per heavy atom. The number of anilines is 1. The van der Waals surface area contributed by atoms with Crippen molar-refractivity contribution in [2.75, 3.05) is 18.9 Å². The molecule has 21 heavy (non-hydrogen) atoms. The fourth-order valence-electron chi connectivity index (χ4n) is 2.63. The number of thiophene rings is 1. The minimum Gasteiger partial charge on any atom is -0.397 e. The first-order chi connectivity index (χ1) is 10.1. The number of pyridine rings is 1. The van der Waals surface area contributed by atoms with Crippen LogP contribution in [0.15, 0.2) is 12.1 Å². The van der Waals surface area contributed by atoms with E-state index in [1.807, 2.05) is 19.1 Å². The van der Waals surface area contributed by atoms with Gasteiger partial charge in [-0.05, 0) is 38.3 Å². The first kappa shape index (κ1) is 14.3. The van der Waals surface area contributed by atoms with E-state index in [0.29, 0.717) is 17.1 Å². The van der Waals surface area contributed by atoms with Gasteiger partial charge in [0.15, 0.2) is 0 Å². The molecule has 3 N–H and O–H groups in total. The van der Waals surface area contributed by atoms with Crippen molar-refractivity contribution in [3.8, 4) is 0 Å². The van der Waals surface area contributed by atoms with Gasteiger partial charge in [0.1, 0.15) is 9.71 Å². The third kappa shape index (κ3) is 2.49. The Hall–Kier alpha value is -1.66. The van der Waals surface area contributed by atoms with Crippen molar-refractivity contribution in [2.45, 2.75) is 32.2 Å². The smallest absolute Gasteiger partial charge is 0.266 e. The van der Waals surface area contributed by atoms with Gasteiger partial charge in [-0.1, -0.05) is 0 Å². The number of hydrogen-bond acceptors (Lipinski definition) is 5. The first-order valence-electron chi connectivity index (χ1n) is 7.19. The zero-order valence-electron chi connectivity index (χ0n) is 12.0. The predicted octanol–water partition coefficient (Wildman–Crippen LogP) is 2.17. The van der Waals surface area contributed by atoms with Crippen LogP contribution in [-0.2, 0) is 0 Å². The average molecular weight is 305 g/mol. The Balaban J connectivity index is 1.97. The molecule has 0 unspecified atom stereocenters. The van der Waals surface area contributed by atoms with E-state index in [9.17, 15) is 9.90 Å². The standard InChI is InChI=1S/C15H19N3O2S/c1-9-5-6-11-12(16)13(21-14(11)17-9)15(20)18(7-8-19)10-3-2-4-10/h5-6,10,19H,2-4,7-8,16H2,1H3. The van der Waals surface area contributed by atoms with Crippen molar-refractivity contribution in [3.05, 3.63) is 22.7 Å². The SMILES string of the molecule is Cc1ccc2c(N)c(C(=O)N(CCO)C3CCC3)sc2n1. The summed E-state index contributed by atoms with van der Waals surface area (Å²) in [4.78, 5) is 20.3. The van der Waals surface area contributed by atoms with E-state index in [0.717, 1.165) is 35.2 Å². The molecule has 0 saturated heterocycles. The molecule has 0 aliphatic heterocycles. The third-order valence-electron chi connectivity index (χ3n) is 4.04. The van der Waals surface area contributed by atoms with E-state index in [2.05, 4.69) is 4.98 Å². The molecule has 1 fully saturated rings. The van der Waals surface area contributed by atoms with Gasteiger partial charge in [-0.3, -0.25) is 4.79 Å². The Kier molecular flexibility index (Phi) is 3.82. The average Bonchev–Trinajstić information content (AvgIpc) is 2.72. The molecular formula is C15H19N3O2S. The van der Waals surface area contributed by atoms with E-state index in [1.165, 1.54) is 11.3 Å². The highest BCUT2D eigenvalue weighted by Gasteiger charge is 2.31. The molecule has 1 amide bonds. The van der Waals surface area contributed by atoms with Gasteiger partial charge in [-0.15, -0.1) is 11.3 Å². The second-order valence-electron chi connectivity index (χ2n) is 5.46. The third-order valence-corrected chi connectivity index (χ3v) is 5.15. The lowest BCUT2D eigenvalue weighted by Gasteiger charge is -2.37. The lowest BCUT2D eigenvalue weighted by Crippen LogP contribution is -2.45. The summed E-state index contributed by atoms with van der Waals surface area (Å²) in [6, 6.07) is 4.06. The Bertz CT molecular complexity index is 679. The van der Waals surface area contributed by atoms with Gasteiger partial charge in [-0.2, -0.15) is 0 Å². The number of aryl methyl sites for hydroxylation is 1. The number of carbonyl (C=O) groups excluding carboxylic acids is 1. The van der Waals surface area contributed by atoms with Crippen LogP contribution >= 0.6 is 11.3 Å². The maximum absolute atomic E-state index is 12.8. The normalized spacial score (nSPS) is 15.1. The lowest BCUT2D eigenvalue weighted by atomic mass is 9.91. The van der Waals surface area contributed by atoms with Crippen molar-refractivity contribution in [2.24, 2.45) is 0 Å². The highest BCUT2D eigenvalue weighted by molar-refractivity contribution is 7.21. The van der Waals surface area contributed by atoms with Gasteiger partial charge in [0, 0.05) is 23.7 Å². The summed E-state index contributed by atoms with van der Waals surface area (Å²) >= 11 is 1.34. The van der Waals surface area contributed by atoms with Crippen LogP contribution < -0.4 is 5.73 Å². The molecule has 1 aliphatic carbocycles. The summed E-state index contributed by atoms with van der Waals surface area (Å²) < 4.78 is 0. The number of aliphatic hydroxyl groups excluding tert-OH is 1. The number of fused-ring (bicyclic) bond motifs is 1. The molecule has 0 aromatic carbocycles. The van der Waals surface area contributed by atoms with Crippen LogP contribution in [-0.4, -0.2) is 40.1 Å². The van der Waals surface area contributed by atoms with Crippen LogP contribution in [0, 0.1) is 6.92 Å². The molecule has 1 saturated carbocycles. The lowest BCUT2D eigenvalue weighted by molar-refractivity contribution is 0.0531. The zero-order chi connectivity index (χ0) is 15.0. The van der Waals surface area contributed by atoms with Crippen LogP contribution in [0.5, 0.6) is 0 Å². The number of aliphatic hydroxyl groups is 1. The van der Waals surface area contributed by atoms with E-state index in [1.54, 1.807) is 4.90 Å². The summed E-state index contributed by atoms with van der Waals surface area (Å²) in [5.74, 6) is -0.0769. The van der Waals surface area contributed by atoms with Gasteiger partial charge < -0.3 is 15.7 Å². The van der Waals surface area contributed by atoms with Crippen molar-refractivity contribution >= 4 is 33.1 Å². The van der Waals surface area contributed by atoms with Gasteiger partial charge in [0.2, 0.25) is 0 Å². The summed E-state index contributed by atoms with van der Waals surface area (Å²) in [7, 11) is 0. The monoisotopic (exact) mass is 305 g/mol. The molecule has 1 aliphatic rings. The van der Waals surface area contributed by atoms with E-state index < -0.39 is 0 Å². The number of nitrogens with two attached hydrogens (primary N) is 1. The van der Waals surface area contributed by atoms with Crippen LogP contribution in [0.2, 0.25) is 0 Å². The quantitative estimate of drug-likeness (QED) is 0.907. The fraction of sp³-hybridized carbons (Fsp3) is 0.467. The summed E-state index contributed by atoms with van der Waals surface area (Å²) in [5.41, 5.74) is 7.56. The van der Waals surface area contributed by atoms with Crippen molar-refractivity contribution < 1.29 is 9.90 Å². The van der Waals surface area contributed by atoms with Crippen LogP contribution in [0.1, 0.15) is 34.6 Å². The molecule has 5 nitrogen and oxygen atoms in total. The molecule has 0 spiro atoms. The molecule has 2 aromatic heterocycles. The number of rotatable bonds is 4. The van der Waals surface area contributed by atoms with E-state index in [-0.39, 0.29) is 18.6 Å². The molecule has 2 heterocycles. The van der Waals surface area contributed by atoms with Crippen molar-refractivity contribution in [1.82, 2.24) is 9.88 Å². The maximum atomic E-state index is 12.8. The molecular weight excluding hydrogens is 286 g/mol. The van der Waals surface area contributed by atoms with Crippen LogP contribution in [0.4, 0.5) is 5.69 Å². The molecule has 6 heteroatoms. The zero-order valence-corrected chi connectivity index (χ0v) is 12.8. The molecule has 3 rings (SSSR count). The number of nitrogens with zero attached hydrogens (tertiary/aromatic N) is 2. The molecule has 0 atom stereocenters. The van der Waals surface area contributed by atoms with Gasteiger partial charge >= 0.3 is 0 Å². The first-order valence-corrected chi connectivity index (χ1v) is 8.01. The van der Waals surface area contributed by atoms with Gasteiger partial charge in [0.25, 0.3) is 5.91 Å². The Morgan fingerprint density at radius 1 is 1.52 bits per heavy atom. The second kappa shape index (κ2) is 5.61. The largest absolute Gasteiger partial charge is 0.397 e. The van der Waals surface area contributed by atoms with Crippen LogP contribution in [0.3, 0.4) is 0 Å². The minimum atomic E-state index is -0.0769. The number of aromatic nitrogens is 1. The van der Waals surface area contributed by atoms with Crippen LogP contribution in [0.25, 0.3) is 10.2 Å². The number of amides is 1. The molecule has 0 bridgehead atoms. The second-order valence-corrected chi connectivity index (χ2v) is 6.46.